The van der Waals surface area contributed by atoms with Crippen molar-refractivity contribution in [2.24, 2.45) is 5.10 Å². The second-order valence-electron chi connectivity index (χ2n) is 10.3. The number of rotatable bonds is 9. The number of fused-ring (bicyclic) bond motifs is 1. The fourth-order valence-electron chi connectivity index (χ4n) is 4.79. The minimum atomic E-state index is -0.325. The average Bonchev–Trinajstić information content (AvgIpc) is 3.00. The van der Waals surface area contributed by atoms with Crippen molar-refractivity contribution in [1.82, 2.24) is 9.66 Å². The van der Waals surface area contributed by atoms with E-state index in [0.29, 0.717) is 38.8 Å². The van der Waals surface area contributed by atoms with E-state index in [1.54, 1.807) is 43.5 Å². The summed E-state index contributed by atoms with van der Waals surface area (Å²) in [6.45, 7) is 6.29. The van der Waals surface area contributed by atoms with Crippen LogP contribution in [0.4, 0.5) is 4.39 Å². The summed E-state index contributed by atoms with van der Waals surface area (Å²) in [6.07, 6.45) is 1.53. The third kappa shape index (κ3) is 6.24. The number of para-hydroxylation sites is 1. The van der Waals surface area contributed by atoms with Gasteiger partial charge in [0, 0.05) is 5.56 Å². The van der Waals surface area contributed by atoms with Crippen LogP contribution in [0, 0.1) is 12.7 Å². The highest BCUT2D eigenvalue weighted by Gasteiger charge is 2.19. The Balaban J connectivity index is 1.58. The highest BCUT2D eigenvalue weighted by Crippen LogP contribution is 2.37. The number of aromatic nitrogens is 2. The molecular formula is C34H31ClFN3O4. The molecule has 0 aliphatic heterocycles. The predicted octanol–water partition coefficient (Wildman–Crippen LogP) is 7.77. The Morgan fingerprint density at radius 1 is 1.00 bits per heavy atom. The molecule has 0 radical (unpaired) electrons. The molecule has 0 saturated heterocycles. The van der Waals surface area contributed by atoms with Gasteiger partial charge in [-0.25, -0.2) is 9.37 Å². The van der Waals surface area contributed by atoms with Gasteiger partial charge in [-0.3, -0.25) is 4.79 Å². The van der Waals surface area contributed by atoms with Gasteiger partial charge in [-0.2, -0.15) is 9.78 Å². The van der Waals surface area contributed by atoms with E-state index in [-0.39, 0.29) is 23.9 Å². The van der Waals surface area contributed by atoms with Crippen LogP contribution in [0.2, 0.25) is 5.02 Å². The molecule has 0 saturated carbocycles. The largest absolute Gasteiger partial charge is 0.496 e. The fraction of sp³-hybridized carbons (Fsp3) is 0.206. The lowest BCUT2D eigenvalue weighted by atomic mass is 9.96. The molecule has 0 aliphatic carbocycles. The smallest absolute Gasteiger partial charge is 0.282 e. The molecular weight excluding hydrogens is 569 g/mol. The zero-order chi connectivity index (χ0) is 30.7. The maximum atomic E-state index is 13.8. The van der Waals surface area contributed by atoms with Gasteiger partial charge >= 0.3 is 0 Å². The molecule has 0 N–H and O–H groups in total. The molecule has 43 heavy (non-hydrogen) atoms. The summed E-state index contributed by atoms with van der Waals surface area (Å²) < 4.78 is 31.7. The van der Waals surface area contributed by atoms with E-state index in [9.17, 15) is 9.18 Å². The number of benzene rings is 4. The lowest BCUT2D eigenvalue weighted by molar-refractivity contribution is 0.284. The Bertz CT molecular complexity index is 1880. The lowest BCUT2D eigenvalue weighted by Crippen LogP contribution is -2.20. The molecule has 5 aromatic rings. The van der Waals surface area contributed by atoms with E-state index >= 15 is 0 Å². The van der Waals surface area contributed by atoms with E-state index in [1.165, 1.54) is 30.1 Å². The van der Waals surface area contributed by atoms with Crippen molar-refractivity contribution < 1.29 is 18.6 Å². The second-order valence-corrected chi connectivity index (χ2v) is 10.7. The van der Waals surface area contributed by atoms with Crippen molar-refractivity contribution >= 4 is 28.7 Å². The van der Waals surface area contributed by atoms with Gasteiger partial charge in [0.05, 0.1) is 36.4 Å². The first-order valence-corrected chi connectivity index (χ1v) is 14.1. The van der Waals surface area contributed by atoms with E-state index in [4.69, 9.17) is 30.8 Å². The molecule has 0 bridgehead atoms. The van der Waals surface area contributed by atoms with E-state index in [1.807, 2.05) is 31.2 Å². The van der Waals surface area contributed by atoms with Crippen LogP contribution in [0.1, 0.15) is 42.0 Å². The Hall–Kier alpha value is -4.69. The predicted molar refractivity (Wildman–Crippen MR) is 169 cm³/mol. The summed E-state index contributed by atoms with van der Waals surface area (Å²) in [5, 5.41) is 5.34. The van der Waals surface area contributed by atoms with Crippen molar-refractivity contribution in [3.8, 4) is 28.6 Å². The van der Waals surface area contributed by atoms with Crippen LogP contribution in [0.25, 0.3) is 22.3 Å². The highest BCUT2D eigenvalue weighted by molar-refractivity contribution is 6.32. The Kier molecular flexibility index (Phi) is 8.78. The average molecular weight is 600 g/mol. The second kappa shape index (κ2) is 12.7. The first kappa shape index (κ1) is 29.8. The Morgan fingerprint density at radius 3 is 2.42 bits per heavy atom. The molecule has 0 aliphatic rings. The molecule has 0 unspecified atom stereocenters. The topological polar surface area (TPSA) is 74.9 Å². The van der Waals surface area contributed by atoms with Gasteiger partial charge in [-0.05, 0) is 83.6 Å². The number of aryl methyl sites for hydroxylation is 1. The molecule has 0 spiro atoms. The number of nitrogens with zero attached hydrogens (tertiary/aromatic N) is 3. The van der Waals surface area contributed by atoms with Crippen molar-refractivity contribution in [2.45, 2.75) is 33.3 Å². The van der Waals surface area contributed by atoms with E-state index in [2.05, 4.69) is 18.9 Å². The number of hydrogen-bond donors (Lipinski definition) is 0. The van der Waals surface area contributed by atoms with Gasteiger partial charge in [0.25, 0.3) is 5.56 Å². The minimum Gasteiger partial charge on any atom is -0.496 e. The zero-order valence-electron chi connectivity index (χ0n) is 24.5. The van der Waals surface area contributed by atoms with Crippen LogP contribution in [-0.4, -0.2) is 30.1 Å². The van der Waals surface area contributed by atoms with Gasteiger partial charge < -0.3 is 14.2 Å². The molecule has 220 valence electrons. The van der Waals surface area contributed by atoms with Gasteiger partial charge in [-0.15, -0.1) is 0 Å². The first-order valence-electron chi connectivity index (χ1n) is 13.7. The summed E-state index contributed by atoms with van der Waals surface area (Å²) in [5.41, 5.74) is 4.27. The standard InChI is InChI=1S/C34H31ClFN3O4/c1-20(2)26-17-27(21(3)14-30(26)41-4)33-38-29-9-7-6-8-25(29)34(40)39(33)37-18-23-15-28(35)32(31(16-23)42-5)43-19-22-10-12-24(36)13-11-22/h6-18,20H,19H2,1-5H3. The lowest BCUT2D eigenvalue weighted by Gasteiger charge is -2.17. The van der Waals surface area contributed by atoms with Crippen molar-refractivity contribution in [3.63, 3.8) is 0 Å². The number of ether oxygens (including phenoxy) is 3. The SMILES string of the molecule is COc1cc(C)c(-c2nc3ccccc3c(=O)n2N=Cc2cc(Cl)c(OCc3ccc(F)cc3)c(OC)c2)cc1C(C)C. The first-order chi connectivity index (χ1) is 20.7. The molecule has 0 amide bonds. The Morgan fingerprint density at radius 2 is 1.72 bits per heavy atom. The summed E-state index contributed by atoms with van der Waals surface area (Å²) in [4.78, 5) is 18.6. The third-order valence-electron chi connectivity index (χ3n) is 7.06. The van der Waals surface area contributed by atoms with Gasteiger partial charge in [-0.1, -0.05) is 49.7 Å². The van der Waals surface area contributed by atoms with Crippen molar-refractivity contribution in [1.29, 1.82) is 0 Å². The molecule has 5 rings (SSSR count). The van der Waals surface area contributed by atoms with Crippen LogP contribution in [-0.2, 0) is 6.61 Å². The molecule has 4 aromatic carbocycles. The summed E-state index contributed by atoms with van der Waals surface area (Å²) in [7, 11) is 3.15. The normalized spacial score (nSPS) is 11.4. The molecule has 1 aromatic heterocycles. The maximum absolute atomic E-state index is 13.8. The summed E-state index contributed by atoms with van der Waals surface area (Å²) in [6, 6.07) is 20.5. The van der Waals surface area contributed by atoms with Crippen LogP contribution >= 0.6 is 11.6 Å². The molecule has 1 heterocycles. The van der Waals surface area contributed by atoms with Gasteiger partial charge in [0.15, 0.2) is 17.3 Å². The van der Waals surface area contributed by atoms with E-state index < -0.39 is 0 Å². The van der Waals surface area contributed by atoms with Crippen LogP contribution < -0.4 is 19.8 Å². The molecule has 0 atom stereocenters. The number of hydrogen-bond acceptors (Lipinski definition) is 6. The van der Waals surface area contributed by atoms with Crippen molar-refractivity contribution in [2.75, 3.05) is 14.2 Å². The number of halogens is 2. The minimum absolute atomic E-state index is 0.172. The van der Waals surface area contributed by atoms with E-state index in [0.717, 1.165) is 28.0 Å². The van der Waals surface area contributed by atoms with Crippen LogP contribution in [0.3, 0.4) is 0 Å². The van der Waals surface area contributed by atoms with Gasteiger partial charge in [0.1, 0.15) is 18.2 Å². The Labute approximate surface area is 254 Å². The monoisotopic (exact) mass is 599 g/mol. The number of methoxy groups -OCH3 is 2. The van der Waals surface area contributed by atoms with Crippen LogP contribution in [0.15, 0.2) is 82.7 Å². The zero-order valence-corrected chi connectivity index (χ0v) is 25.3. The fourth-order valence-corrected chi connectivity index (χ4v) is 5.06. The highest BCUT2D eigenvalue weighted by atomic mass is 35.5. The summed E-state index contributed by atoms with van der Waals surface area (Å²) in [5.74, 6) is 1.75. The quantitative estimate of drug-likeness (QED) is 0.162. The molecule has 7 nitrogen and oxygen atoms in total. The molecule has 0 fully saturated rings. The van der Waals surface area contributed by atoms with Crippen LogP contribution in [0.5, 0.6) is 17.2 Å². The van der Waals surface area contributed by atoms with Gasteiger partial charge in [0.2, 0.25) is 0 Å². The van der Waals surface area contributed by atoms with Crippen molar-refractivity contribution in [3.05, 3.63) is 116 Å². The maximum Gasteiger partial charge on any atom is 0.282 e. The third-order valence-corrected chi connectivity index (χ3v) is 7.34. The molecule has 9 heteroatoms. The summed E-state index contributed by atoms with van der Waals surface area (Å²) >= 11 is 6.60.